The van der Waals surface area contributed by atoms with Crippen LogP contribution in [0.15, 0.2) is 41.5 Å². The summed E-state index contributed by atoms with van der Waals surface area (Å²) in [5.41, 5.74) is 10.2. The Balaban J connectivity index is 0.000000552. The second-order valence-electron chi connectivity index (χ2n) is 8.10. The van der Waals surface area contributed by atoms with Crippen molar-refractivity contribution in [3.05, 3.63) is 47.7 Å². The van der Waals surface area contributed by atoms with Crippen molar-refractivity contribution in [1.29, 1.82) is 0 Å². The number of ether oxygens (including phenoxy) is 1. The highest BCUT2D eigenvalue weighted by Gasteiger charge is 2.34. The van der Waals surface area contributed by atoms with Crippen LogP contribution >= 0.6 is 0 Å². The maximum atomic E-state index is 9.00. The molecule has 1 fully saturated rings. The van der Waals surface area contributed by atoms with Gasteiger partial charge in [0, 0.05) is 18.7 Å². The van der Waals surface area contributed by atoms with E-state index in [1.807, 2.05) is 13.8 Å². The fourth-order valence-electron chi connectivity index (χ4n) is 3.93. The van der Waals surface area contributed by atoms with Crippen LogP contribution in [0.5, 0.6) is 5.88 Å². The van der Waals surface area contributed by atoms with Gasteiger partial charge in [0.25, 0.3) is 5.97 Å². The van der Waals surface area contributed by atoms with E-state index in [9.17, 15) is 0 Å². The van der Waals surface area contributed by atoms with Gasteiger partial charge in [-0.3, -0.25) is 4.79 Å². The number of carbonyl (C=O) groups is 1. The van der Waals surface area contributed by atoms with E-state index < -0.39 is 11.6 Å². The minimum atomic E-state index is -0.833. The number of anilines is 1. The van der Waals surface area contributed by atoms with Crippen molar-refractivity contribution >= 4 is 23.1 Å². The van der Waals surface area contributed by atoms with Gasteiger partial charge in [0.1, 0.15) is 11.3 Å². The Hall–Kier alpha value is -2.89. The summed E-state index contributed by atoms with van der Waals surface area (Å²) in [7, 11) is 0. The summed E-state index contributed by atoms with van der Waals surface area (Å²) in [4.78, 5) is 18.1. The largest absolute Gasteiger partial charge is 0.481 e. The van der Waals surface area contributed by atoms with E-state index >= 15 is 0 Å². The van der Waals surface area contributed by atoms with Gasteiger partial charge in [-0.2, -0.15) is 0 Å². The lowest BCUT2D eigenvalue weighted by Gasteiger charge is -2.32. The standard InChI is InChI=1S/C21H25N3O.C2H4O2/c1-21(2)19(24-18-17(22)12-13-23-20(18)25-21)16-10-8-15(9-11-16)14-6-4-3-5-7-14;1-2(3)4/h8-14H,3-7H2,1-2H3,(H2,22,23);1H3,(H,3,4). The number of nitrogens with two attached hydrogens (primary N) is 1. The minimum Gasteiger partial charge on any atom is -0.481 e. The molecule has 0 bridgehead atoms. The first kappa shape index (κ1) is 20.8. The third-order valence-corrected chi connectivity index (χ3v) is 5.33. The van der Waals surface area contributed by atoms with E-state index in [0.717, 1.165) is 18.2 Å². The fraction of sp³-hybridized carbons (Fsp3) is 0.435. The van der Waals surface area contributed by atoms with Crippen molar-refractivity contribution in [2.75, 3.05) is 5.73 Å². The summed E-state index contributed by atoms with van der Waals surface area (Å²) in [6, 6.07) is 10.6. The van der Waals surface area contributed by atoms with Crippen LogP contribution < -0.4 is 10.5 Å². The predicted octanol–water partition coefficient (Wildman–Crippen LogP) is 5.09. The molecule has 2 aromatic rings. The molecule has 1 aromatic heterocycles. The average Bonchev–Trinajstić information content (AvgIpc) is 2.67. The fourth-order valence-corrected chi connectivity index (χ4v) is 3.93. The van der Waals surface area contributed by atoms with Gasteiger partial charge < -0.3 is 15.6 Å². The van der Waals surface area contributed by atoms with Crippen LogP contribution in [-0.4, -0.2) is 27.4 Å². The molecule has 2 heterocycles. The topological polar surface area (TPSA) is 97.8 Å². The molecular formula is C23H29N3O3. The number of fused-ring (bicyclic) bond motifs is 1. The Morgan fingerprint density at radius 3 is 2.38 bits per heavy atom. The lowest BCUT2D eigenvalue weighted by Crippen LogP contribution is -2.41. The summed E-state index contributed by atoms with van der Waals surface area (Å²) < 4.78 is 6.09. The Morgan fingerprint density at radius 2 is 1.76 bits per heavy atom. The maximum absolute atomic E-state index is 9.00. The number of rotatable bonds is 2. The van der Waals surface area contributed by atoms with Gasteiger partial charge in [-0.15, -0.1) is 0 Å². The van der Waals surface area contributed by atoms with Gasteiger partial charge in [0.2, 0.25) is 5.88 Å². The highest BCUT2D eigenvalue weighted by molar-refractivity contribution is 6.09. The molecule has 1 aromatic carbocycles. The molecule has 0 amide bonds. The molecule has 0 atom stereocenters. The van der Waals surface area contributed by atoms with E-state index in [0.29, 0.717) is 23.2 Å². The maximum Gasteiger partial charge on any atom is 0.300 e. The summed E-state index contributed by atoms with van der Waals surface area (Å²) in [5, 5.41) is 7.42. The Bertz CT molecular complexity index is 894. The highest BCUT2D eigenvalue weighted by Crippen LogP contribution is 2.40. The Kier molecular flexibility index (Phi) is 6.20. The molecule has 2 aliphatic rings. The SMILES string of the molecule is CC(=O)O.CC1(C)Oc2nccc(N)c2N=C1c1ccc(C2CCCCC2)cc1. The van der Waals surface area contributed by atoms with Crippen LogP contribution in [0.1, 0.15) is 69.9 Å². The number of pyridine rings is 1. The number of benzene rings is 1. The zero-order valence-corrected chi connectivity index (χ0v) is 17.3. The quantitative estimate of drug-likeness (QED) is 0.738. The zero-order chi connectivity index (χ0) is 21.0. The van der Waals surface area contributed by atoms with Gasteiger partial charge in [-0.05, 0) is 44.2 Å². The third-order valence-electron chi connectivity index (χ3n) is 5.33. The van der Waals surface area contributed by atoms with Gasteiger partial charge in [-0.25, -0.2) is 9.98 Å². The highest BCUT2D eigenvalue weighted by atomic mass is 16.5. The average molecular weight is 396 g/mol. The normalized spacial score (nSPS) is 17.8. The van der Waals surface area contributed by atoms with Crippen molar-refractivity contribution < 1.29 is 14.6 Å². The van der Waals surface area contributed by atoms with Crippen LogP contribution in [0.3, 0.4) is 0 Å². The predicted molar refractivity (Wildman–Crippen MR) is 115 cm³/mol. The third kappa shape index (κ3) is 4.94. The molecule has 1 aliphatic carbocycles. The minimum absolute atomic E-state index is 0.507. The van der Waals surface area contributed by atoms with E-state index in [4.69, 9.17) is 25.4 Å². The number of carboxylic acid groups (broad SMARTS) is 1. The Labute approximate surface area is 171 Å². The van der Waals surface area contributed by atoms with Crippen LogP contribution in [0.4, 0.5) is 11.4 Å². The molecule has 0 spiro atoms. The number of aliphatic carboxylic acids is 1. The van der Waals surface area contributed by atoms with Crippen molar-refractivity contribution in [2.24, 2.45) is 4.99 Å². The first-order valence-corrected chi connectivity index (χ1v) is 10.1. The zero-order valence-electron chi connectivity index (χ0n) is 17.3. The number of hydrogen-bond acceptors (Lipinski definition) is 5. The summed E-state index contributed by atoms with van der Waals surface area (Å²) in [6.07, 6.45) is 8.36. The molecule has 0 radical (unpaired) electrons. The first-order valence-electron chi connectivity index (χ1n) is 10.1. The van der Waals surface area contributed by atoms with Crippen molar-refractivity contribution in [3.63, 3.8) is 0 Å². The molecule has 154 valence electrons. The Morgan fingerprint density at radius 1 is 1.14 bits per heavy atom. The molecule has 0 saturated heterocycles. The van der Waals surface area contributed by atoms with Crippen molar-refractivity contribution in [1.82, 2.24) is 4.98 Å². The molecule has 29 heavy (non-hydrogen) atoms. The van der Waals surface area contributed by atoms with Crippen LogP contribution in [0.25, 0.3) is 0 Å². The number of nitrogen functional groups attached to an aromatic ring is 1. The van der Waals surface area contributed by atoms with Gasteiger partial charge in [0.15, 0.2) is 0 Å². The monoisotopic (exact) mass is 395 g/mol. The molecule has 1 aliphatic heterocycles. The molecule has 4 rings (SSSR count). The summed E-state index contributed by atoms with van der Waals surface area (Å²) >= 11 is 0. The van der Waals surface area contributed by atoms with E-state index in [1.54, 1.807) is 12.3 Å². The summed E-state index contributed by atoms with van der Waals surface area (Å²) in [6.45, 7) is 5.13. The number of carboxylic acids is 1. The van der Waals surface area contributed by atoms with Crippen LogP contribution in [0.2, 0.25) is 0 Å². The van der Waals surface area contributed by atoms with Crippen LogP contribution in [0, 0.1) is 0 Å². The lowest BCUT2D eigenvalue weighted by molar-refractivity contribution is -0.134. The first-order chi connectivity index (χ1) is 13.8. The lowest BCUT2D eigenvalue weighted by atomic mass is 9.83. The second kappa shape index (κ2) is 8.64. The molecular weight excluding hydrogens is 366 g/mol. The molecule has 3 N–H and O–H groups in total. The van der Waals surface area contributed by atoms with E-state index in [1.165, 1.54) is 37.7 Å². The van der Waals surface area contributed by atoms with E-state index in [-0.39, 0.29) is 0 Å². The number of aromatic nitrogens is 1. The second-order valence-corrected chi connectivity index (χ2v) is 8.10. The molecule has 6 heteroatoms. The van der Waals surface area contributed by atoms with Gasteiger partial charge >= 0.3 is 0 Å². The molecule has 1 saturated carbocycles. The number of hydrogen-bond donors (Lipinski definition) is 2. The number of nitrogens with zero attached hydrogens (tertiary/aromatic N) is 2. The summed E-state index contributed by atoms with van der Waals surface area (Å²) in [5.74, 6) is 0.383. The molecule has 6 nitrogen and oxygen atoms in total. The smallest absolute Gasteiger partial charge is 0.300 e. The number of aliphatic imine (C=N–C) groups is 1. The van der Waals surface area contributed by atoms with E-state index in [2.05, 4.69) is 29.2 Å². The van der Waals surface area contributed by atoms with Crippen LogP contribution in [-0.2, 0) is 4.79 Å². The molecule has 0 unspecified atom stereocenters. The van der Waals surface area contributed by atoms with Gasteiger partial charge in [0.05, 0.1) is 11.4 Å². The van der Waals surface area contributed by atoms with Gasteiger partial charge in [-0.1, -0.05) is 43.5 Å². The van der Waals surface area contributed by atoms with Crippen molar-refractivity contribution in [2.45, 2.75) is 64.4 Å². The van der Waals surface area contributed by atoms with Crippen molar-refractivity contribution in [3.8, 4) is 5.88 Å².